The van der Waals surface area contributed by atoms with Crippen LogP contribution < -0.4 is 11.3 Å². The molecule has 0 aliphatic carbocycles. The number of aliphatic hydroxyl groups excluding tert-OH is 1. The van der Waals surface area contributed by atoms with Crippen LogP contribution in [0, 0.1) is 6.92 Å². The van der Waals surface area contributed by atoms with Gasteiger partial charge in [0.1, 0.15) is 48.2 Å². The van der Waals surface area contributed by atoms with Crippen molar-refractivity contribution in [3.63, 3.8) is 0 Å². The first-order valence-corrected chi connectivity index (χ1v) is 18.5. The zero-order valence-corrected chi connectivity index (χ0v) is 26.3. The highest BCUT2D eigenvalue weighted by atomic mass is 32.7. The Morgan fingerprint density at radius 1 is 0.956 bits per heavy atom. The van der Waals surface area contributed by atoms with Crippen molar-refractivity contribution >= 4 is 66.2 Å². The number of nitrogens with two attached hydrogens (primary N) is 1. The fourth-order valence-corrected chi connectivity index (χ4v) is 8.35. The van der Waals surface area contributed by atoms with Gasteiger partial charge in [-0.25, -0.2) is 38.4 Å². The molecule has 45 heavy (non-hydrogen) atoms. The highest BCUT2D eigenvalue weighted by Gasteiger charge is 2.54. The summed E-state index contributed by atoms with van der Waals surface area (Å²) in [5, 5.41) is 11.2. The van der Waals surface area contributed by atoms with Gasteiger partial charge in [-0.15, -0.1) is 0 Å². The summed E-state index contributed by atoms with van der Waals surface area (Å²) < 4.78 is 79.2. The lowest BCUT2D eigenvalue weighted by Gasteiger charge is -2.28. The number of hydrogen-bond acceptors (Lipinski definition) is 16. The number of halogens is 1. The molecular formula is C21H24FN9O10P2S2. The van der Waals surface area contributed by atoms with Crippen molar-refractivity contribution in [2.75, 3.05) is 18.9 Å². The number of fused-ring (bicyclic) bond motifs is 4. The molecule has 0 amide bonds. The van der Waals surface area contributed by atoms with Crippen LogP contribution >= 0.6 is 38.1 Å². The largest absolute Gasteiger partial charge is 0.386 e. The van der Waals surface area contributed by atoms with Crippen LogP contribution in [0.15, 0.2) is 23.8 Å². The number of ether oxygens (including phenoxy) is 2. The van der Waals surface area contributed by atoms with Crippen LogP contribution in [0.1, 0.15) is 18.3 Å². The molecule has 0 spiro atoms. The smallest absolute Gasteiger partial charge is 0.386 e. The summed E-state index contributed by atoms with van der Waals surface area (Å²) in [5.74, 6) is 0.326. The van der Waals surface area contributed by atoms with Crippen molar-refractivity contribution < 1.29 is 46.2 Å². The van der Waals surface area contributed by atoms with E-state index >= 15 is 4.39 Å². The van der Waals surface area contributed by atoms with Crippen molar-refractivity contribution in [2.24, 2.45) is 0 Å². The van der Waals surface area contributed by atoms with Crippen molar-refractivity contribution in [2.45, 2.75) is 56.1 Å². The number of hydrogen-bond donors (Lipinski definition) is 5. The number of aromatic amines is 1. The van der Waals surface area contributed by atoms with E-state index in [0.29, 0.717) is 0 Å². The second-order valence-corrected chi connectivity index (χ2v) is 16.0. The molecule has 0 aromatic carbocycles. The molecule has 4 aromatic heterocycles. The van der Waals surface area contributed by atoms with Crippen LogP contribution in [0.3, 0.4) is 0 Å². The first-order chi connectivity index (χ1) is 21.3. The maximum Gasteiger partial charge on any atom is 0.386 e. The second kappa shape index (κ2) is 11.3. The summed E-state index contributed by atoms with van der Waals surface area (Å²) in [6.45, 7) is -8.41. The zero-order valence-electron chi connectivity index (χ0n) is 22.8. The topological polar surface area (TPSA) is 243 Å². The Kier molecular flexibility index (Phi) is 7.84. The molecule has 7 heterocycles. The summed E-state index contributed by atoms with van der Waals surface area (Å²) in [6.07, 6.45) is -8.35. The molecular weight excluding hydrogens is 683 g/mol. The highest BCUT2D eigenvalue weighted by Crippen LogP contribution is 2.60. The first kappa shape index (κ1) is 31.1. The lowest BCUT2D eigenvalue weighted by atomic mass is 10.1. The fourth-order valence-electron chi connectivity index (χ4n) is 5.37. The third-order valence-electron chi connectivity index (χ3n) is 7.38. The van der Waals surface area contributed by atoms with Crippen molar-refractivity contribution in [3.05, 3.63) is 35.2 Å². The van der Waals surface area contributed by atoms with E-state index in [-0.39, 0.29) is 34.0 Å². The Labute approximate surface area is 261 Å². The van der Waals surface area contributed by atoms with Gasteiger partial charge < -0.3 is 25.3 Å². The predicted octanol–water partition coefficient (Wildman–Crippen LogP) is 1.24. The van der Waals surface area contributed by atoms with E-state index in [1.807, 2.05) is 0 Å². The lowest BCUT2D eigenvalue weighted by Crippen LogP contribution is -2.37. The number of imidazole rings is 2. The standard InChI is InChI=1S/C21H24FN9O10P2S2/c1-7-28-18-12(19(33)29-7)27-6-31(18)20-10(22)14-8(38-20)2-36-43(35,45)41-15-9(3-37-42(34,44)40-14)39-21(13(15)32)30-5-26-11-16(23)24-4-25-17(11)30/h4-6,8-10,13-15,20-21,32H,2-3H2,1H3,(H,34,44)(H,35,45)(H2,23,24,25)(H,28,29,33)/t8-,9-,10-,13-,14-,15-,20-,21-,42-,43-/m1/s1. The number of nitrogen functional groups attached to an aromatic ring is 1. The van der Waals surface area contributed by atoms with Crippen molar-refractivity contribution in [1.82, 2.24) is 39.0 Å². The third kappa shape index (κ3) is 5.61. The van der Waals surface area contributed by atoms with Gasteiger partial charge in [0.25, 0.3) is 5.56 Å². The minimum atomic E-state index is -4.38. The molecule has 3 fully saturated rings. The number of aliphatic hydroxyl groups is 1. The van der Waals surface area contributed by atoms with E-state index in [0.717, 1.165) is 6.33 Å². The molecule has 0 bridgehead atoms. The van der Waals surface area contributed by atoms with Crippen LogP contribution in [0.4, 0.5) is 10.2 Å². The van der Waals surface area contributed by atoms with Gasteiger partial charge >= 0.3 is 13.6 Å². The highest BCUT2D eigenvalue weighted by molar-refractivity contribution is 8.44. The summed E-state index contributed by atoms with van der Waals surface area (Å²) in [4.78, 5) is 35.2. The summed E-state index contributed by atoms with van der Waals surface area (Å²) in [6, 6.07) is 0. The van der Waals surface area contributed by atoms with E-state index < -0.39 is 81.5 Å². The third-order valence-corrected chi connectivity index (χ3v) is 10.6. The van der Waals surface area contributed by atoms with Gasteiger partial charge in [0.2, 0.25) is 0 Å². The number of alkyl halides is 1. The number of aromatic nitrogens is 8. The number of nitrogens with one attached hydrogen (secondary N) is 1. The Hall–Kier alpha value is -2.49. The van der Waals surface area contributed by atoms with E-state index in [9.17, 15) is 19.0 Å². The van der Waals surface area contributed by atoms with E-state index in [1.54, 1.807) is 0 Å². The average Bonchev–Trinajstić information content (AvgIpc) is 3.72. The first-order valence-electron chi connectivity index (χ1n) is 13.1. The maximum atomic E-state index is 16.0. The van der Waals surface area contributed by atoms with Gasteiger partial charge in [-0.05, 0) is 6.92 Å². The van der Waals surface area contributed by atoms with Gasteiger partial charge in [0, 0.05) is 0 Å². The number of rotatable bonds is 2. The molecule has 0 saturated carbocycles. The Bertz CT molecular complexity index is 1950. The van der Waals surface area contributed by atoms with Gasteiger partial charge in [-0.3, -0.25) is 32.0 Å². The molecule has 242 valence electrons. The molecule has 24 heteroatoms. The number of anilines is 1. The molecule has 4 aromatic rings. The van der Waals surface area contributed by atoms with Crippen molar-refractivity contribution in [3.8, 4) is 0 Å². The molecule has 19 nitrogen and oxygen atoms in total. The zero-order chi connectivity index (χ0) is 31.8. The van der Waals surface area contributed by atoms with Crippen LogP contribution in [0.25, 0.3) is 22.3 Å². The van der Waals surface area contributed by atoms with Crippen LogP contribution in [0.5, 0.6) is 0 Å². The number of aryl methyl sites for hydroxylation is 1. The van der Waals surface area contributed by atoms with Crippen LogP contribution in [-0.2, 0) is 36.7 Å². The summed E-state index contributed by atoms with van der Waals surface area (Å²) >= 11 is 8.06. The normalized spacial score (nSPS) is 37.7. The second-order valence-electron chi connectivity index (χ2n) is 10.3. The summed E-state index contributed by atoms with van der Waals surface area (Å²) in [7, 11) is 0. The Balaban J connectivity index is 1.17. The van der Waals surface area contributed by atoms with E-state index in [2.05, 4.69) is 54.4 Å². The molecule has 0 unspecified atom stereocenters. The minimum Gasteiger partial charge on any atom is -0.386 e. The molecule has 3 aliphatic heterocycles. The van der Waals surface area contributed by atoms with Crippen LogP contribution in [-0.4, -0.2) is 94.0 Å². The van der Waals surface area contributed by atoms with Gasteiger partial charge in [0.05, 0.1) is 25.9 Å². The number of thiol groups is 2. The van der Waals surface area contributed by atoms with Gasteiger partial charge in [-0.1, -0.05) is 24.5 Å². The summed E-state index contributed by atoms with van der Waals surface area (Å²) in [5.41, 5.74) is 5.71. The molecule has 10 atom stereocenters. The predicted molar refractivity (Wildman–Crippen MR) is 156 cm³/mol. The Morgan fingerprint density at radius 3 is 2.27 bits per heavy atom. The monoisotopic (exact) mass is 707 g/mol. The Morgan fingerprint density at radius 2 is 1.56 bits per heavy atom. The SMILES string of the molecule is Cc1nc2c(ncn2[C@@H]2O[C@@H]3CO[P@@](=O)(S)O[C@H]4[C@@H](O)[C@H](n5cnc6c(N)ncnc65)O[C@@H]4CO[P@@](=O)(S)O[C@H]3[C@H]2F)c(=O)[nH]1. The van der Waals surface area contributed by atoms with E-state index in [4.69, 9.17) is 33.3 Å². The molecule has 4 N–H and O–H groups in total. The molecule has 3 saturated heterocycles. The molecule has 0 radical (unpaired) electrons. The number of H-pyrrole nitrogens is 1. The van der Waals surface area contributed by atoms with Crippen molar-refractivity contribution in [1.29, 1.82) is 0 Å². The van der Waals surface area contributed by atoms with Crippen LogP contribution in [0.2, 0.25) is 0 Å². The molecule has 7 rings (SSSR count). The number of nitrogens with zero attached hydrogens (tertiary/aromatic N) is 7. The van der Waals surface area contributed by atoms with Gasteiger partial charge in [-0.2, -0.15) is 0 Å². The van der Waals surface area contributed by atoms with E-state index in [1.165, 1.54) is 28.7 Å². The maximum absolute atomic E-state index is 16.0. The average molecular weight is 708 g/mol. The quantitative estimate of drug-likeness (QED) is 0.145. The minimum absolute atomic E-state index is 0.0176. The lowest BCUT2D eigenvalue weighted by molar-refractivity contribution is -0.0555. The fraction of sp³-hybridized carbons (Fsp3) is 0.524. The molecule has 3 aliphatic rings. The van der Waals surface area contributed by atoms with Gasteiger partial charge in [0.15, 0.2) is 41.3 Å².